The normalized spacial score (nSPS) is 10.6. The van der Waals surface area contributed by atoms with Crippen molar-refractivity contribution in [2.24, 2.45) is 0 Å². The quantitative estimate of drug-likeness (QED) is 0.745. The highest BCUT2D eigenvalue weighted by molar-refractivity contribution is 5.76. The van der Waals surface area contributed by atoms with Gasteiger partial charge in [-0.25, -0.2) is 0 Å². The van der Waals surface area contributed by atoms with E-state index in [0.717, 1.165) is 18.8 Å². The van der Waals surface area contributed by atoms with E-state index in [2.05, 4.69) is 9.80 Å². The van der Waals surface area contributed by atoms with Gasteiger partial charge in [0.15, 0.2) is 0 Å². The van der Waals surface area contributed by atoms with Crippen LogP contribution in [-0.4, -0.2) is 46.2 Å². The first-order valence-electron chi connectivity index (χ1n) is 5.54. The molecule has 0 fully saturated rings. The van der Waals surface area contributed by atoms with Crippen LogP contribution < -0.4 is 21.1 Å². The maximum absolute atomic E-state index is 5.96. The first kappa shape index (κ1) is 13.4. The van der Waals surface area contributed by atoms with Gasteiger partial charge in [-0.1, -0.05) is 0 Å². The number of hydrogen-bond acceptors (Lipinski definition) is 5. The number of benzene rings is 1. The van der Waals surface area contributed by atoms with Gasteiger partial charge in [-0.2, -0.15) is 0 Å². The lowest BCUT2D eigenvalue weighted by molar-refractivity contribution is 0.413. The highest BCUT2D eigenvalue weighted by Crippen LogP contribution is 2.32. The van der Waals surface area contributed by atoms with Crippen molar-refractivity contribution in [2.45, 2.75) is 0 Å². The van der Waals surface area contributed by atoms with Crippen LogP contribution in [0.15, 0.2) is 12.1 Å². The molecule has 5 nitrogen and oxygen atoms in total. The van der Waals surface area contributed by atoms with Gasteiger partial charge in [0, 0.05) is 26.2 Å². The van der Waals surface area contributed by atoms with Crippen molar-refractivity contribution in [1.82, 2.24) is 4.90 Å². The minimum absolute atomic E-state index is 0.565. The number of anilines is 3. The largest absolute Gasteiger partial charge is 0.495 e. The molecular weight excluding hydrogens is 216 g/mol. The molecule has 0 saturated heterocycles. The van der Waals surface area contributed by atoms with Gasteiger partial charge in [0.05, 0.1) is 24.2 Å². The number of rotatable bonds is 5. The van der Waals surface area contributed by atoms with Crippen LogP contribution >= 0.6 is 0 Å². The summed E-state index contributed by atoms with van der Waals surface area (Å²) in [5.74, 6) is 0.658. The molecule has 0 spiro atoms. The van der Waals surface area contributed by atoms with E-state index in [1.54, 1.807) is 13.2 Å². The number of likely N-dealkylation sites (N-methyl/N-ethyl adjacent to an activating group) is 2. The van der Waals surface area contributed by atoms with Gasteiger partial charge in [0.2, 0.25) is 0 Å². The SMILES string of the molecule is COc1cc(N(C)CCN(C)C)c(N)cc1N. The number of ether oxygens (including phenoxy) is 1. The average Bonchev–Trinajstić information content (AvgIpc) is 2.26. The molecule has 1 aromatic rings. The third-order valence-electron chi connectivity index (χ3n) is 2.67. The molecule has 0 heterocycles. The van der Waals surface area contributed by atoms with Crippen LogP contribution in [0.25, 0.3) is 0 Å². The Kier molecular flexibility index (Phi) is 4.45. The molecule has 0 unspecified atom stereocenters. The molecule has 0 aromatic heterocycles. The Labute approximate surface area is 103 Å². The standard InChI is InChI=1S/C12H22N4O/c1-15(2)5-6-16(3)11-8-12(17-4)10(14)7-9(11)13/h7-8H,5-6,13-14H2,1-4H3. The second kappa shape index (κ2) is 5.63. The topological polar surface area (TPSA) is 67.8 Å². The zero-order valence-corrected chi connectivity index (χ0v) is 11.0. The second-order valence-corrected chi connectivity index (χ2v) is 4.38. The maximum Gasteiger partial charge on any atom is 0.143 e. The zero-order valence-electron chi connectivity index (χ0n) is 11.0. The van der Waals surface area contributed by atoms with Crippen molar-refractivity contribution in [2.75, 3.05) is 57.7 Å². The molecule has 0 bridgehead atoms. The van der Waals surface area contributed by atoms with Gasteiger partial charge in [-0.15, -0.1) is 0 Å². The first-order chi connectivity index (χ1) is 7.95. The van der Waals surface area contributed by atoms with Crippen molar-refractivity contribution in [3.8, 4) is 5.75 Å². The number of nitrogen functional groups attached to an aromatic ring is 2. The van der Waals surface area contributed by atoms with Crippen LogP contribution in [-0.2, 0) is 0 Å². The fourth-order valence-corrected chi connectivity index (χ4v) is 1.58. The van der Waals surface area contributed by atoms with E-state index in [-0.39, 0.29) is 0 Å². The van der Waals surface area contributed by atoms with Gasteiger partial charge < -0.3 is 26.0 Å². The zero-order chi connectivity index (χ0) is 13.0. The summed E-state index contributed by atoms with van der Waals surface area (Å²) in [6, 6.07) is 3.61. The molecule has 0 radical (unpaired) electrons. The molecule has 0 aliphatic rings. The first-order valence-corrected chi connectivity index (χ1v) is 5.54. The lowest BCUT2D eigenvalue weighted by Gasteiger charge is -2.24. The van der Waals surface area contributed by atoms with Crippen LogP contribution in [0.1, 0.15) is 0 Å². The summed E-state index contributed by atoms with van der Waals surface area (Å²) in [5, 5.41) is 0. The highest BCUT2D eigenvalue weighted by atomic mass is 16.5. The van der Waals surface area contributed by atoms with E-state index >= 15 is 0 Å². The van der Waals surface area contributed by atoms with Crippen LogP contribution in [0, 0.1) is 0 Å². The fraction of sp³-hybridized carbons (Fsp3) is 0.500. The van der Waals surface area contributed by atoms with Gasteiger partial charge in [-0.05, 0) is 20.2 Å². The third-order valence-corrected chi connectivity index (χ3v) is 2.67. The van der Waals surface area contributed by atoms with E-state index in [0.29, 0.717) is 17.1 Å². The van der Waals surface area contributed by atoms with E-state index in [1.807, 2.05) is 27.2 Å². The van der Waals surface area contributed by atoms with Crippen molar-refractivity contribution < 1.29 is 4.74 Å². The van der Waals surface area contributed by atoms with Crippen molar-refractivity contribution in [3.05, 3.63) is 12.1 Å². The Bertz CT molecular complexity index is 379. The molecule has 0 aliphatic carbocycles. The fourth-order valence-electron chi connectivity index (χ4n) is 1.58. The number of nitrogens with zero attached hydrogens (tertiary/aromatic N) is 2. The van der Waals surface area contributed by atoms with Crippen molar-refractivity contribution >= 4 is 17.1 Å². The molecule has 1 rings (SSSR count). The molecular formula is C12H22N4O. The predicted molar refractivity (Wildman–Crippen MR) is 73.6 cm³/mol. The van der Waals surface area contributed by atoms with Crippen LogP contribution in [0.3, 0.4) is 0 Å². The molecule has 5 heteroatoms. The monoisotopic (exact) mass is 238 g/mol. The van der Waals surface area contributed by atoms with E-state index < -0.39 is 0 Å². The number of methoxy groups -OCH3 is 1. The van der Waals surface area contributed by atoms with Crippen LogP contribution in [0.5, 0.6) is 5.75 Å². The van der Waals surface area contributed by atoms with Gasteiger partial charge >= 0.3 is 0 Å². The minimum Gasteiger partial charge on any atom is -0.495 e. The molecule has 4 N–H and O–H groups in total. The third kappa shape index (κ3) is 3.42. The predicted octanol–water partition coefficient (Wildman–Crippen LogP) is 0.857. The molecule has 1 aromatic carbocycles. The Balaban J connectivity index is 2.89. The van der Waals surface area contributed by atoms with E-state index in [9.17, 15) is 0 Å². The summed E-state index contributed by atoms with van der Waals surface area (Å²) < 4.78 is 5.20. The second-order valence-electron chi connectivity index (χ2n) is 4.38. The minimum atomic E-state index is 0.565. The highest BCUT2D eigenvalue weighted by Gasteiger charge is 2.10. The van der Waals surface area contributed by atoms with Crippen LogP contribution in [0.2, 0.25) is 0 Å². The molecule has 0 atom stereocenters. The summed E-state index contributed by atoms with van der Waals surface area (Å²) in [6.07, 6.45) is 0. The summed E-state index contributed by atoms with van der Waals surface area (Å²) in [6.45, 7) is 1.85. The smallest absolute Gasteiger partial charge is 0.143 e. The maximum atomic E-state index is 5.96. The number of hydrogen-bond donors (Lipinski definition) is 2. The summed E-state index contributed by atoms with van der Waals surface area (Å²) in [7, 11) is 7.69. The van der Waals surface area contributed by atoms with Gasteiger partial charge in [-0.3, -0.25) is 0 Å². The Morgan fingerprint density at radius 2 is 1.71 bits per heavy atom. The molecule has 0 amide bonds. The molecule has 17 heavy (non-hydrogen) atoms. The van der Waals surface area contributed by atoms with Crippen molar-refractivity contribution in [1.29, 1.82) is 0 Å². The van der Waals surface area contributed by atoms with E-state index in [1.165, 1.54) is 0 Å². The van der Waals surface area contributed by atoms with Gasteiger partial charge in [0.25, 0.3) is 0 Å². The van der Waals surface area contributed by atoms with Crippen molar-refractivity contribution in [3.63, 3.8) is 0 Å². The van der Waals surface area contributed by atoms with Crippen LogP contribution in [0.4, 0.5) is 17.1 Å². The molecule has 0 aliphatic heterocycles. The molecule has 0 saturated carbocycles. The van der Waals surface area contributed by atoms with Gasteiger partial charge in [0.1, 0.15) is 5.75 Å². The Hall–Kier alpha value is -1.62. The van der Waals surface area contributed by atoms with E-state index in [4.69, 9.17) is 16.2 Å². The lowest BCUT2D eigenvalue weighted by Crippen LogP contribution is -2.29. The Morgan fingerprint density at radius 3 is 2.24 bits per heavy atom. The Morgan fingerprint density at radius 1 is 1.06 bits per heavy atom. The molecule has 96 valence electrons. The average molecular weight is 238 g/mol. The summed E-state index contributed by atoms with van der Waals surface area (Å²) in [5.41, 5.74) is 13.9. The summed E-state index contributed by atoms with van der Waals surface area (Å²) in [4.78, 5) is 4.22. The number of nitrogens with two attached hydrogens (primary N) is 2. The summed E-state index contributed by atoms with van der Waals surface area (Å²) >= 11 is 0. The lowest BCUT2D eigenvalue weighted by atomic mass is 10.2.